The normalized spacial score (nSPS) is 14.2. The molecule has 0 aliphatic rings. The average molecular weight is 309 g/mol. The zero-order valence-corrected chi connectivity index (χ0v) is 13.5. The van der Waals surface area contributed by atoms with Crippen LogP contribution in [0.5, 0.6) is 0 Å². The van der Waals surface area contributed by atoms with Gasteiger partial charge in [0.05, 0.1) is 19.1 Å². The molecule has 1 N–H and O–H groups in total. The maximum Gasteiger partial charge on any atom is 0.224 e. The van der Waals surface area contributed by atoms with Crippen molar-refractivity contribution in [2.45, 2.75) is 71.0 Å². The summed E-state index contributed by atoms with van der Waals surface area (Å²) in [6.45, 7) is 5.59. The molecule has 2 atom stereocenters. The van der Waals surface area contributed by atoms with Crippen molar-refractivity contribution in [2.24, 2.45) is 0 Å². The molecule has 0 aliphatic carbocycles. The van der Waals surface area contributed by atoms with Crippen LogP contribution in [0.15, 0.2) is 0 Å². The van der Waals surface area contributed by atoms with Gasteiger partial charge in [0.25, 0.3) is 0 Å². The summed E-state index contributed by atoms with van der Waals surface area (Å²) in [5.41, 5.74) is 0. The van der Waals surface area contributed by atoms with Gasteiger partial charge in [-0.25, -0.2) is 0 Å². The van der Waals surface area contributed by atoms with Gasteiger partial charge in [-0.15, -0.1) is 0 Å². The number of unbranched alkanes of at least 4 members (excludes halogenated alkanes) is 4. The van der Waals surface area contributed by atoms with Gasteiger partial charge in [0, 0.05) is 13.2 Å². The number of hydrogen-bond donors (Lipinski definition) is 1. The van der Waals surface area contributed by atoms with Crippen LogP contribution in [0.4, 0.5) is 0 Å². The molecule has 0 aromatic heterocycles. The van der Waals surface area contributed by atoms with Crippen molar-refractivity contribution in [3.63, 3.8) is 0 Å². The predicted molar refractivity (Wildman–Crippen MR) is 81.1 cm³/mol. The van der Waals surface area contributed by atoms with E-state index in [0.717, 1.165) is 38.5 Å². The zero-order valence-electron chi connectivity index (χ0n) is 12.8. The molecule has 0 bridgehead atoms. The quantitative estimate of drug-likeness (QED) is 0.395. The van der Waals surface area contributed by atoms with Crippen LogP contribution < -0.4 is 0 Å². The fourth-order valence-corrected chi connectivity index (χ4v) is 1.97. The molecule has 4 nitrogen and oxygen atoms in total. The number of rotatable bonds is 14. The average Bonchev–Trinajstić information content (AvgIpc) is 2.41. The first-order chi connectivity index (χ1) is 9.61. The molecule has 0 heterocycles. The molecule has 0 aromatic carbocycles. The second kappa shape index (κ2) is 13.8. The molecule has 0 amide bonds. The zero-order chi connectivity index (χ0) is 15.2. The lowest BCUT2D eigenvalue weighted by Gasteiger charge is -2.22. The Balaban J connectivity index is 3.93. The molecule has 0 saturated carbocycles. The number of hydrogen-bond acceptors (Lipinski definition) is 4. The molecule has 0 radical (unpaired) electrons. The van der Waals surface area contributed by atoms with Crippen LogP contribution in [-0.4, -0.2) is 42.4 Å². The van der Waals surface area contributed by atoms with E-state index in [1.165, 1.54) is 0 Å². The molecule has 0 rings (SSSR count). The number of carbonyl (C=O) groups excluding carboxylic acids is 1. The largest absolute Gasteiger partial charge is 0.388 e. The van der Waals surface area contributed by atoms with Crippen molar-refractivity contribution >= 4 is 16.8 Å². The first-order valence-electron chi connectivity index (χ1n) is 7.67. The number of carbonyl (C=O) groups is 1. The predicted octanol–water partition coefficient (Wildman–Crippen LogP) is 3.29. The maximum absolute atomic E-state index is 11.0. The first-order valence-corrected chi connectivity index (χ1v) is 8.05. The molecule has 20 heavy (non-hydrogen) atoms. The summed E-state index contributed by atoms with van der Waals surface area (Å²) in [7, 11) is 0. The third-order valence-electron chi connectivity index (χ3n) is 3.05. The Bertz CT molecular complexity index is 236. The first kappa shape index (κ1) is 19.8. The smallest absolute Gasteiger partial charge is 0.224 e. The summed E-state index contributed by atoms with van der Waals surface area (Å²) in [5.74, 6) is 0. The van der Waals surface area contributed by atoms with Crippen LogP contribution in [0.2, 0.25) is 0 Å². The Hall–Kier alpha value is -0.160. The van der Waals surface area contributed by atoms with Gasteiger partial charge in [0.15, 0.2) is 0 Å². The van der Waals surface area contributed by atoms with Crippen molar-refractivity contribution in [1.29, 1.82) is 0 Å². The van der Waals surface area contributed by atoms with Crippen molar-refractivity contribution in [1.82, 2.24) is 0 Å². The molecule has 0 spiro atoms. The molecule has 0 fully saturated rings. The highest BCUT2D eigenvalue weighted by molar-refractivity contribution is 6.63. The van der Waals surface area contributed by atoms with E-state index in [1.807, 2.05) is 0 Å². The van der Waals surface area contributed by atoms with Crippen LogP contribution in [0, 0.1) is 0 Å². The lowest BCUT2D eigenvalue weighted by atomic mass is 10.1. The van der Waals surface area contributed by atoms with Crippen LogP contribution in [-0.2, 0) is 14.3 Å². The Labute approximate surface area is 127 Å². The fraction of sp³-hybridized carbons (Fsp3) is 0.933. The summed E-state index contributed by atoms with van der Waals surface area (Å²) < 4.78 is 11.0. The van der Waals surface area contributed by atoms with Gasteiger partial charge in [0.1, 0.15) is 6.10 Å². The van der Waals surface area contributed by atoms with Gasteiger partial charge < -0.3 is 14.6 Å². The van der Waals surface area contributed by atoms with Crippen molar-refractivity contribution in [3.05, 3.63) is 0 Å². The fourth-order valence-electron chi connectivity index (χ4n) is 1.82. The summed E-state index contributed by atoms with van der Waals surface area (Å²) in [6, 6.07) is 0. The molecule has 0 saturated heterocycles. The topological polar surface area (TPSA) is 55.8 Å². The second-order valence-electron chi connectivity index (χ2n) is 5.02. The maximum atomic E-state index is 11.0. The van der Waals surface area contributed by atoms with Gasteiger partial charge in [-0.2, -0.15) is 0 Å². The molecular formula is C15H29ClO4. The Morgan fingerprint density at radius 1 is 1.10 bits per heavy atom. The van der Waals surface area contributed by atoms with E-state index in [4.69, 9.17) is 21.1 Å². The molecule has 0 unspecified atom stereocenters. The van der Waals surface area contributed by atoms with Gasteiger partial charge in [-0.3, -0.25) is 4.79 Å². The molecule has 0 aromatic rings. The van der Waals surface area contributed by atoms with Crippen LogP contribution in [0.3, 0.4) is 0 Å². The highest BCUT2D eigenvalue weighted by Crippen LogP contribution is 2.10. The van der Waals surface area contributed by atoms with E-state index in [-0.39, 0.29) is 13.0 Å². The van der Waals surface area contributed by atoms with E-state index in [0.29, 0.717) is 13.2 Å². The molecule has 5 heteroatoms. The molecule has 120 valence electrons. The monoisotopic (exact) mass is 308 g/mol. The van der Waals surface area contributed by atoms with Gasteiger partial charge in [-0.1, -0.05) is 39.5 Å². The van der Waals surface area contributed by atoms with E-state index in [9.17, 15) is 9.90 Å². The van der Waals surface area contributed by atoms with Gasteiger partial charge in [-0.05, 0) is 24.4 Å². The van der Waals surface area contributed by atoms with Crippen LogP contribution >= 0.6 is 11.6 Å². The van der Waals surface area contributed by atoms with Crippen LogP contribution in [0.25, 0.3) is 0 Å². The lowest BCUT2D eigenvalue weighted by Crippen LogP contribution is -2.34. The number of ether oxygens (including phenoxy) is 2. The van der Waals surface area contributed by atoms with E-state index in [1.54, 1.807) is 0 Å². The number of aliphatic hydroxyl groups is 1. The summed E-state index contributed by atoms with van der Waals surface area (Å²) >= 11 is 5.39. The Morgan fingerprint density at radius 2 is 1.70 bits per heavy atom. The summed E-state index contributed by atoms with van der Waals surface area (Å²) in [5, 5.41) is 9.52. The Morgan fingerprint density at radius 3 is 2.25 bits per heavy atom. The molecular weight excluding hydrogens is 280 g/mol. The van der Waals surface area contributed by atoms with Gasteiger partial charge in [0.2, 0.25) is 5.24 Å². The highest BCUT2D eigenvalue weighted by atomic mass is 35.5. The summed E-state index contributed by atoms with van der Waals surface area (Å²) in [6.07, 6.45) is 4.99. The SMILES string of the molecule is CCCCCOC[C@@H](O)[C@H](CC(=O)Cl)OCCCCC. The Kier molecular flexibility index (Phi) is 13.7. The van der Waals surface area contributed by atoms with E-state index >= 15 is 0 Å². The van der Waals surface area contributed by atoms with Gasteiger partial charge >= 0.3 is 0 Å². The van der Waals surface area contributed by atoms with Crippen molar-refractivity contribution < 1.29 is 19.4 Å². The van der Waals surface area contributed by atoms with Crippen LogP contribution in [0.1, 0.15) is 58.8 Å². The number of halogens is 1. The third kappa shape index (κ3) is 11.6. The second-order valence-corrected chi connectivity index (χ2v) is 5.45. The lowest BCUT2D eigenvalue weighted by molar-refractivity contribution is -0.120. The standard InChI is InChI=1S/C15H29ClO4/c1-3-5-7-9-19-12-13(17)14(11-15(16)18)20-10-8-6-4-2/h13-14,17H,3-12H2,1-2H3/t13-,14+/m1/s1. The minimum atomic E-state index is -0.805. The van der Waals surface area contributed by atoms with Crippen molar-refractivity contribution in [3.8, 4) is 0 Å². The van der Waals surface area contributed by atoms with Crippen molar-refractivity contribution in [2.75, 3.05) is 19.8 Å². The third-order valence-corrected chi connectivity index (χ3v) is 3.21. The highest BCUT2D eigenvalue weighted by Gasteiger charge is 2.22. The minimum absolute atomic E-state index is 0.0210. The molecule has 0 aliphatic heterocycles. The summed E-state index contributed by atoms with van der Waals surface area (Å²) in [4.78, 5) is 11.0. The minimum Gasteiger partial charge on any atom is -0.388 e. The number of aliphatic hydroxyl groups excluding tert-OH is 1. The van der Waals surface area contributed by atoms with E-state index < -0.39 is 17.5 Å². The van der Waals surface area contributed by atoms with E-state index in [2.05, 4.69) is 13.8 Å².